The van der Waals surface area contributed by atoms with Gasteiger partial charge in [0.2, 0.25) is 0 Å². The van der Waals surface area contributed by atoms with Crippen molar-refractivity contribution in [3.05, 3.63) is 155 Å². The molecule has 0 unspecified atom stereocenters. The van der Waals surface area contributed by atoms with E-state index in [1.165, 1.54) is 42.4 Å². The number of carbonyl (C=O) groups excluding carboxylic acids is 2. The fraction of sp³-hybridized carbons (Fsp3) is 0.404. The minimum atomic E-state index is -4.50. The van der Waals surface area contributed by atoms with Crippen LogP contribution in [-0.4, -0.2) is 25.2 Å². The molecule has 5 nitrogen and oxygen atoms in total. The predicted octanol–water partition coefficient (Wildman–Crippen LogP) is 15.8. The SMILES string of the molecule is C=C(C)C(=O)OCCC1(CCOC(=O)C(=C)C)c2ccccc2-c2ccc(N(c3ccc(C(F)(F)F)cc3)c3ccc4c(c3)C(CCCCCC)(CCCCCC)C3=C4C=CCC3)cc21. The van der Waals surface area contributed by atoms with E-state index in [2.05, 4.69) is 86.5 Å². The number of halogens is 3. The number of nitrogens with zero attached hydrogens (tertiary/aromatic N) is 1. The highest BCUT2D eigenvalue weighted by molar-refractivity contribution is 5.91. The first-order valence-corrected chi connectivity index (χ1v) is 23.7. The summed E-state index contributed by atoms with van der Waals surface area (Å²) in [6.45, 7) is 15.4. The third-order valence-electron chi connectivity index (χ3n) is 13.9. The van der Waals surface area contributed by atoms with Crippen LogP contribution < -0.4 is 4.90 Å². The zero-order valence-electron chi connectivity index (χ0n) is 38.7. The van der Waals surface area contributed by atoms with Crippen LogP contribution >= 0.6 is 0 Å². The average molecular weight is 884 g/mol. The molecule has 0 amide bonds. The first-order chi connectivity index (χ1) is 31.3. The van der Waals surface area contributed by atoms with Gasteiger partial charge in [-0.05, 0) is 140 Å². The highest BCUT2D eigenvalue weighted by Crippen LogP contribution is 2.58. The Morgan fingerprint density at radius 1 is 0.631 bits per heavy atom. The predicted molar refractivity (Wildman–Crippen MR) is 258 cm³/mol. The molecule has 65 heavy (non-hydrogen) atoms. The molecule has 0 spiro atoms. The first kappa shape index (κ1) is 47.3. The van der Waals surface area contributed by atoms with Crippen LogP contribution in [0.1, 0.15) is 145 Å². The molecule has 0 N–H and O–H groups in total. The second-order valence-electron chi connectivity index (χ2n) is 18.3. The molecular weight excluding hydrogens is 820 g/mol. The Labute approximate surface area is 384 Å². The molecule has 3 aliphatic carbocycles. The molecule has 342 valence electrons. The van der Waals surface area contributed by atoms with E-state index in [-0.39, 0.29) is 18.6 Å². The highest BCUT2D eigenvalue weighted by atomic mass is 19.4. The van der Waals surface area contributed by atoms with Crippen LogP contribution in [0.5, 0.6) is 0 Å². The number of hydrogen-bond acceptors (Lipinski definition) is 5. The fourth-order valence-corrected chi connectivity index (χ4v) is 10.7. The van der Waals surface area contributed by atoms with Gasteiger partial charge in [-0.25, -0.2) is 9.59 Å². The second kappa shape index (κ2) is 20.3. The molecule has 3 aliphatic rings. The first-order valence-electron chi connectivity index (χ1n) is 23.7. The van der Waals surface area contributed by atoms with Gasteiger partial charge < -0.3 is 14.4 Å². The summed E-state index contributed by atoms with van der Waals surface area (Å²) in [5, 5.41) is 0. The summed E-state index contributed by atoms with van der Waals surface area (Å²) >= 11 is 0. The van der Waals surface area contributed by atoms with Crippen molar-refractivity contribution in [3.8, 4) is 11.1 Å². The maximum atomic E-state index is 14.1. The zero-order valence-corrected chi connectivity index (χ0v) is 38.7. The van der Waals surface area contributed by atoms with Crippen LogP contribution in [0.15, 0.2) is 127 Å². The maximum absolute atomic E-state index is 14.1. The highest BCUT2D eigenvalue weighted by Gasteiger charge is 2.46. The molecule has 0 atom stereocenters. The van der Waals surface area contributed by atoms with Gasteiger partial charge in [0.05, 0.1) is 18.8 Å². The molecule has 0 radical (unpaired) electrons. The number of ether oxygens (including phenoxy) is 2. The summed E-state index contributed by atoms with van der Waals surface area (Å²) in [7, 11) is 0. The Morgan fingerprint density at radius 3 is 1.71 bits per heavy atom. The molecule has 0 saturated carbocycles. The van der Waals surface area contributed by atoms with Crippen LogP contribution in [0, 0.1) is 0 Å². The summed E-state index contributed by atoms with van der Waals surface area (Å²) in [6, 6.07) is 26.6. The molecule has 0 fully saturated rings. The number of esters is 2. The molecule has 0 saturated heterocycles. The van der Waals surface area contributed by atoms with Crippen molar-refractivity contribution in [2.24, 2.45) is 0 Å². The van der Waals surface area contributed by atoms with Gasteiger partial charge in [-0.15, -0.1) is 0 Å². The van der Waals surface area contributed by atoms with Crippen molar-refractivity contribution in [1.29, 1.82) is 0 Å². The van der Waals surface area contributed by atoms with Gasteiger partial charge in [-0.1, -0.05) is 132 Å². The van der Waals surface area contributed by atoms with Crippen molar-refractivity contribution < 1.29 is 32.2 Å². The molecule has 4 aromatic carbocycles. The van der Waals surface area contributed by atoms with E-state index in [0.717, 1.165) is 97.1 Å². The lowest BCUT2D eigenvalue weighted by Gasteiger charge is -2.37. The molecule has 8 heteroatoms. The Balaban J connectivity index is 1.41. The van der Waals surface area contributed by atoms with E-state index in [9.17, 15) is 22.8 Å². The van der Waals surface area contributed by atoms with Gasteiger partial charge in [-0.3, -0.25) is 0 Å². The van der Waals surface area contributed by atoms with Gasteiger partial charge in [-0.2, -0.15) is 13.2 Å². The monoisotopic (exact) mass is 883 g/mol. The van der Waals surface area contributed by atoms with Crippen molar-refractivity contribution in [3.63, 3.8) is 0 Å². The topological polar surface area (TPSA) is 55.8 Å². The number of fused-ring (bicyclic) bond motifs is 5. The van der Waals surface area contributed by atoms with Crippen LogP contribution in [-0.2, 0) is 36.1 Å². The summed E-state index contributed by atoms with van der Waals surface area (Å²) in [5.41, 5.74) is 10.6. The standard InChI is InChI=1S/C57H64F3NO4/c1-7-9-11-17-31-55(32-18-12-10-8-2)49-21-15-13-19-45(49)47-29-27-43(37-51(47)55)61(42-25-23-41(24-26-42)57(58,59)60)44-28-30-48-46-20-14-16-22-50(46)56(52(48)38-44,33-35-64-53(62)39(3)4)34-36-65-54(63)40(5)6/h13-14,16,19-20,22-30,37-38H,3,5,7-12,15,17-18,21,31-36H2,1-2,4,6H3. The van der Waals surface area contributed by atoms with Crippen LogP contribution in [0.2, 0.25) is 0 Å². The number of carbonyl (C=O) groups is 2. The Morgan fingerprint density at radius 2 is 1.15 bits per heavy atom. The molecule has 0 aromatic heterocycles. The Hall–Kier alpha value is -5.63. The number of anilines is 3. The van der Waals surface area contributed by atoms with E-state index in [0.29, 0.717) is 29.7 Å². The lowest BCUT2D eigenvalue weighted by molar-refractivity contribution is -0.140. The summed E-state index contributed by atoms with van der Waals surface area (Å²) in [4.78, 5) is 27.6. The lowest BCUT2D eigenvalue weighted by atomic mass is 9.68. The molecule has 0 heterocycles. The smallest absolute Gasteiger partial charge is 0.416 e. The van der Waals surface area contributed by atoms with Crippen LogP contribution in [0.3, 0.4) is 0 Å². The Bertz CT molecular complexity index is 2430. The molecule has 0 aliphatic heterocycles. The third-order valence-corrected chi connectivity index (χ3v) is 13.9. The fourth-order valence-electron chi connectivity index (χ4n) is 10.7. The summed E-state index contributed by atoms with van der Waals surface area (Å²) in [6.07, 6.45) is 14.4. The van der Waals surface area contributed by atoms with E-state index >= 15 is 0 Å². The van der Waals surface area contributed by atoms with E-state index in [1.807, 2.05) is 18.2 Å². The molecular formula is C57H64F3NO4. The van der Waals surface area contributed by atoms with Crippen molar-refractivity contribution in [2.45, 2.75) is 135 Å². The van der Waals surface area contributed by atoms with Crippen molar-refractivity contribution in [1.82, 2.24) is 0 Å². The number of unbranched alkanes of at least 4 members (excludes halogenated alkanes) is 6. The number of allylic oxidation sites excluding steroid dienone is 4. The maximum Gasteiger partial charge on any atom is 0.416 e. The molecule has 7 rings (SSSR count). The number of alkyl halides is 3. The normalized spacial score (nSPS) is 15.2. The third kappa shape index (κ3) is 9.69. The van der Waals surface area contributed by atoms with Crippen molar-refractivity contribution >= 4 is 34.6 Å². The minimum absolute atomic E-state index is 0.0796. The van der Waals surface area contributed by atoms with Crippen LogP contribution in [0.4, 0.5) is 30.2 Å². The second-order valence-corrected chi connectivity index (χ2v) is 18.3. The molecule has 4 aromatic rings. The Kier molecular flexibility index (Phi) is 14.8. The number of rotatable bonds is 21. The molecule has 0 bridgehead atoms. The van der Waals surface area contributed by atoms with Crippen LogP contribution in [0.25, 0.3) is 16.7 Å². The van der Waals surface area contributed by atoms with Gasteiger partial charge in [0.1, 0.15) is 0 Å². The largest absolute Gasteiger partial charge is 0.462 e. The minimum Gasteiger partial charge on any atom is -0.462 e. The van der Waals surface area contributed by atoms with Gasteiger partial charge >= 0.3 is 18.1 Å². The van der Waals surface area contributed by atoms with E-state index < -0.39 is 29.1 Å². The van der Waals surface area contributed by atoms with Gasteiger partial charge in [0, 0.05) is 39.0 Å². The van der Waals surface area contributed by atoms with Gasteiger partial charge in [0.15, 0.2) is 0 Å². The number of benzene rings is 4. The zero-order chi connectivity index (χ0) is 46.4. The van der Waals surface area contributed by atoms with E-state index in [1.54, 1.807) is 31.6 Å². The average Bonchev–Trinajstić information content (AvgIpc) is 3.72. The quantitative estimate of drug-likeness (QED) is 0.0474. The summed E-state index contributed by atoms with van der Waals surface area (Å²) in [5.74, 6) is -0.977. The van der Waals surface area contributed by atoms with Gasteiger partial charge in [0.25, 0.3) is 0 Å². The summed E-state index contributed by atoms with van der Waals surface area (Å²) < 4.78 is 53.8. The number of hydrogen-bond donors (Lipinski definition) is 0. The lowest BCUT2D eigenvalue weighted by Crippen LogP contribution is -2.30. The van der Waals surface area contributed by atoms with Crippen molar-refractivity contribution in [2.75, 3.05) is 18.1 Å². The van der Waals surface area contributed by atoms with E-state index in [4.69, 9.17) is 9.47 Å².